The van der Waals surface area contributed by atoms with Crippen LogP contribution in [0.25, 0.3) is 11.1 Å². The molecular formula is C32H36ClFN2O3. The minimum atomic E-state index is -0.666. The summed E-state index contributed by atoms with van der Waals surface area (Å²) in [4.78, 5) is 13.9. The van der Waals surface area contributed by atoms with Crippen molar-refractivity contribution in [1.82, 2.24) is 4.90 Å². The average molecular weight is 551 g/mol. The Labute approximate surface area is 235 Å². The topological polar surface area (TPSA) is 64.8 Å². The van der Waals surface area contributed by atoms with Crippen LogP contribution in [0.5, 0.6) is 5.75 Å². The van der Waals surface area contributed by atoms with Gasteiger partial charge in [-0.3, -0.25) is 4.79 Å². The van der Waals surface area contributed by atoms with Gasteiger partial charge in [-0.25, -0.2) is 4.39 Å². The fourth-order valence-electron chi connectivity index (χ4n) is 5.19. The Hall–Kier alpha value is -2.93. The fourth-order valence-corrected chi connectivity index (χ4v) is 5.43. The van der Waals surface area contributed by atoms with Crippen molar-refractivity contribution in [3.63, 3.8) is 0 Å². The van der Waals surface area contributed by atoms with Crippen molar-refractivity contribution < 1.29 is 18.7 Å². The molecule has 3 aromatic rings. The van der Waals surface area contributed by atoms with E-state index >= 15 is 0 Å². The minimum Gasteiger partial charge on any atom is -0.489 e. The lowest BCUT2D eigenvalue weighted by atomic mass is 9.93. The van der Waals surface area contributed by atoms with Gasteiger partial charge in [-0.05, 0) is 117 Å². The number of halogens is 2. The van der Waals surface area contributed by atoms with Gasteiger partial charge in [0.25, 0.3) is 5.91 Å². The van der Waals surface area contributed by atoms with Crippen molar-refractivity contribution in [2.45, 2.75) is 57.2 Å². The largest absolute Gasteiger partial charge is 0.489 e. The Morgan fingerprint density at radius 3 is 2.46 bits per heavy atom. The summed E-state index contributed by atoms with van der Waals surface area (Å²) in [5.74, 6) is 0.127. The van der Waals surface area contributed by atoms with Crippen LogP contribution in [-0.4, -0.2) is 43.2 Å². The maximum absolute atomic E-state index is 12.9. The van der Waals surface area contributed by atoms with Gasteiger partial charge in [-0.2, -0.15) is 0 Å². The van der Waals surface area contributed by atoms with E-state index in [1.807, 2.05) is 24.3 Å². The normalized spacial score (nSPS) is 18.7. The van der Waals surface area contributed by atoms with Gasteiger partial charge in [0.05, 0.1) is 17.7 Å². The molecule has 3 aromatic carbocycles. The quantitative estimate of drug-likeness (QED) is 0.347. The number of hydrogen-bond donors (Lipinski definition) is 1. The Balaban J connectivity index is 0.000000158. The zero-order valence-corrected chi connectivity index (χ0v) is 23.0. The number of nitrogens with zero attached hydrogens (tertiary/aromatic N) is 1. The highest BCUT2D eigenvalue weighted by molar-refractivity contribution is 6.32. The number of carbonyl (C=O) groups is 1. The van der Waals surface area contributed by atoms with E-state index in [-0.39, 0.29) is 5.82 Å². The molecule has 1 unspecified atom stereocenters. The molecule has 0 spiro atoms. The number of fused-ring (bicyclic) bond motifs is 1. The van der Waals surface area contributed by atoms with E-state index in [0.29, 0.717) is 12.7 Å². The van der Waals surface area contributed by atoms with E-state index in [1.165, 1.54) is 69.4 Å². The smallest absolute Gasteiger partial charge is 0.251 e. The molecule has 206 valence electrons. The standard InChI is InChI=1S/C16H22ClNO.C16H14FNO2/c17-15-12-13(4-3-11-18-9-1-2-10-18)5-8-16(15)19-14-6-7-14;17-13-4-1-10(2-5-13)11-3-6-14-12(9-11)7-8-20-15(14)16(18)19/h5,8,12,14H,1-4,6-7,9-11H2;1-6,9,15H,7-8H2,(H2,18,19). The third kappa shape index (κ3) is 7.59. The number of rotatable bonds is 8. The van der Waals surface area contributed by atoms with Gasteiger partial charge in [-0.1, -0.05) is 48.0 Å². The summed E-state index contributed by atoms with van der Waals surface area (Å²) in [7, 11) is 0. The molecule has 1 saturated carbocycles. The van der Waals surface area contributed by atoms with E-state index in [4.69, 9.17) is 26.8 Å². The van der Waals surface area contributed by atoms with Gasteiger partial charge < -0.3 is 20.1 Å². The van der Waals surface area contributed by atoms with Gasteiger partial charge in [0.2, 0.25) is 0 Å². The van der Waals surface area contributed by atoms with Gasteiger partial charge >= 0.3 is 0 Å². The van der Waals surface area contributed by atoms with Gasteiger partial charge in [-0.15, -0.1) is 0 Å². The SMILES string of the molecule is Clc1cc(CCCN2CCCC2)ccc1OC1CC1.NC(=O)C1OCCc2cc(-c3ccc(F)cc3)ccc21. The summed E-state index contributed by atoms with van der Waals surface area (Å²) in [5.41, 5.74) is 10.5. The number of amides is 1. The van der Waals surface area contributed by atoms with Crippen LogP contribution >= 0.6 is 11.6 Å². The first-order valence-electron chi connectivity index (χ1n) is 13.9. The van der Waals surface area contributed by atoms with E-state index in [9.17, 15) is 9.18 Å². The first-order chi connectivity index (χ1) is 19.0. The lowest BCUT2D eigenvalue weighted by Gasteiger charge is -2.24. The molecule has 1 amide bonds. The molecule has 2 fully saturated rings. The summed E-state index contributed by atoms with van der Waals surface area (Å²) in [6.07, 6.45) is 7.92. The zero-order valence-electron chi connectivity index (χ0n) is 22.2. The van der Waals surface area contributed by atoms with Crippen molar-refractivity contribution in [1.29, 1.82) is 0 Å². The average Bonchev–Trinajstić information content (AvgIpc) is 3.61. The highest BCUT2D eigenvalue weighted by Crippen LogP contribution is 2.33. The molecule has 7 heteroatoms. The Morgan fingerprint density at radius 1 is 1.03 bits per heavy atom. The molecule has 0 radical (unpaired) electrons. The van der Waals surface area contributed by atoms with Gasteiger partial charge in [0.15, 0.2) is 6.10 Å². The summed E-state index contributed by atoms with van der Waals surface area (Å²) in [6.45, 7) is 4.27. The van der Waals surface area contributed by atoms with E-state index in [1.54, 1.807) is 12.1 Å². The molecular weight excluding hydrogens is 515 g/mol. The Kier molecular flexibility index (Phi) is 9.17. The molecule has 3 aliphatic rings. The van der Waals surface area contributed by atoms with Crippen LogP contribution in [0.3, 0.4) is 0 Å². The minimum absolute atomic E-state index is 0.256. The van der Waals surface area contributed by atoms with Crippen molar-refractivity contribution in [2.24, 2.45) is 5.73 Å². The number of ether oxygens (including phenoxy) is 2. The summed E-state index contributed by atoms with van der Waals surface area (Å²) in [5, 5.41) is 0.769. The van der Waals surface area contributed by atoms with Crippen LogP contribution in [0.4, 0.5) is 4.39 Å². The number of primary amides is 1. The predicted octanol–water partition coefficient (Wildman–Crippen LogP) is 6.50. The highest BCUT2D eigenvalue weighted by atomic mass is 35.5. The molecule has 0 bridgehead atoms. The molecule has 2 N–H and O–H groups in total. The second-order valence-corrected chi connectivity index (χ2v) is 11.0. The highest BCUT2D eigenvalue weighted by Gasteiger charge is 2.26. The fraction of sp³-hybridized carbons (Fsp3) is 0.406. The lowest BCUT2D eigenvalue weighted by molar-refractivity contribution is -0.130. The van der Waals surface area contributed by atoms with E-state index in [0.717, 1.165) is 45.9 Å². The molecule has 2 aliphatic heterocycles. The zero-order chi connectivity index (χ0) is 27.2. The molecule has 39 heavy (non-hydrogen) atoms. The molecule has 1 atom stereocenters. The van der Waals surface area contributed by atoms with Crippen LogP contribution in [0.1, 0.15) is 54.9 Å². The molecule has 1 saturated heterocycles. The third-order valence-electron chi connectivity index (χ3n) is 7.47. The number of likely N-dealkylation sites (tertiary alicyclic amines) is 1. The van der Waals surface area contributed by atoms with E-state index < -0.39 is 12.0 Å². The third-order valence-corrected chi connectivity index (χ3v) is 7.77. The number of carbonyl (C=O) groups excluding carboxylic acids is 1. The molecule has 0 aromatic heterocycles. The van der Waals surface area contributed by atoms with E-state index in [2.05, 4.69) is 17.0 Å². The first-order valence-corrected chi connectivity index (χ1v) is 14.3. The maximum atomic E-state index is 12.9. The first kappa shape index (κ1) is 27.6. The molecule has 5 nitrogen and oxygen atoms in total. The summed E-state index contributed by atoms with van der Waals surface area (Å²) < 4.78 is 24.1. The molecule has 6 rings (SSSR count). The van der Waals surface area contributed by atoms with Crippen LogP contribution < -0.4 is 10.5 Å². The predicted molar refractivity (Wildman–Crippen MR) is 153 cm³/mol. The Bertz CT molecular complexity index is 1270. The van der Waals surface area contributed by atoms with Crippen molar-refractivity contribution in [3.05, 3.63) is 88.2 Å². The molecule has 1 aliphatic carbocycles. The van der Waals surface area contributed by atoms with Crippen molar-refractivity contribution >= 4 is 17.5 Å². The van der Waals surface area contributed by atoms with Crippen LogP contribution in [-0.2, 0) is 22.4 Å². The molecule has 2 heterocycles. The Morgan fingerprint density at radius 2 is 1.77 bits per heavy atom. The number of aryl methyl sites for hydroxylation is 1. The van der Waals surface area contributed by atoms with Crippen LogP contribution in [0.15, 0.2) is 60.7 Å². The van der Waals surface area contributed by atoms with Crippen LogP contribution in [0.2, 0.25) is 5.02 Å². The number of hydrogen-bond acceptors (Lipinski definition) is 4. The van der Waals surface area contributed by atoms with Crippen molar-refractivity contribution in [3.8, 4) is 16.9 Å². The second kappa shape index (κ2) is 12.9. The summed E-state index contributed by atoms with van der Waals surface area (Å²) >= 11 is 6.27. The van der Waals surface area contributed by atoms with Gasteiger partial charge in [0.1, 0.15) is 11.6 Å². The summed E-state index contributed by atoms with van der Waals surface area (Å²) in [6, 6.07) is 18.4. The van der Waals surface area contributed by atoms with Crippen LogP contribution in [0, 0.1) is 5.82 Å². The number of benzene rings is 3. The monoisotopic (exact) mass is 550 g/mol. The van der Waals surface area contributed by atoms with Crippen molar-refractivity contribution in [2.75, 3.05) is 26.2 Å². The lowest BCUT2D eigenvalue weighted by Crippen LogP contribution is -2.28. The second-order valence-electron chi connectivity index (χ2n) is 10.6. The van der Waals surface area contributed by atoms with Gasteiger partial charge in [0, 0.05) is 0 Å². The maximum Gasteiger partial charge on any atom is 0.251 e. The number of nitrogens with two attached hydrogens (primary N) is 1.